The highest BCUT2D eigenvalue weighted by atomic mass is 31.2. The van der Waals surface area contributed by atoms with Gasteiger partial charge in [0.15, 0.2) is 0 Å². The second-order valence-electron chi connectivity index (χ2n) is 24.9. The van der Waals surface area contributed by atoms with Crippen molar-refractivity contribution in [3.05, 3.63) is 12.2 Å². The van der Waals surface area contributed by atoms with E-state index in [1.54, 1.807) is 0 Å². The lowest BCUT2D eigenvalue weighted by atomic mass is 10.0. The molecule has 0 aromatic rings. The summed E-state index contributed by atoms with van der Waals surface area (Å²) in [5, 5.41) is 14.1. The van der Waals surface area contributed by atoms with Gasteiger partial charge in [-0.3, -0.25) is 13.8 Å². The van der Waals surface area contributed by atoms with Crippen LogP contribution in [0.3, 0.4) is 0 Å². The van der Waals surface area contributed by atoms with E-state index in [2.05, 4.69) is 31.3 Å². The first kappa shape index (κ1) is 75.2. The van der Waals surface area contributed by atoms with Gasteiger partial charge in [-0.05, 0) is 38.5 Å². The molecular formula is C67H136N2O6P+. The zero-order valence-electron chi connectivity index (χ0n) is 52.0. The predicted octanol–water partition coefficient (Wildman–Crippen LogP) is 21.3. The fourth-order valence-electron chi connectivity index (χ4n) is 10.7. The van der Waals surface area contributed by atoms with Crippen LogP contribution in [0, 0.1) is 0 Å². The fraction of sp³-hybridized carbons (Fsp3) is 0.955. The van der Waals surface area contributed by atoms with Gasteiger partial charge in [0.05, 0.1) is 39.9 Å². The minimum atomic E-state index is -4.32. The molecular weight excluding hydrogens is 960 g/mol. The number of amides is 1. The van der Waals surface area contributed by atoms with Crippen LogP contribution in [-0.2, 0) is 18.4 Å². The molecule has 0 aliphatic heterocycles. The van der Waals surface area contributed by atoms with Gasteiger partial charge in [0.2, 0.25) is 5.91 Å². The van der Waals surface area contributed by atoms with E-state index < -0.39 is 20.0 Å². The first-order valence-corrected chi connectivity index (χ1v) is 35.5. The molecule has 0 aromatic heterocycles. The number of quaternary nitrogens is 1. The minimum Gasteiger partial charge on any atom is -0.391 e. The number of likely N-dealkylation sites (N-methyl/N-ethyl adjacent to an activating group) is 1. The summed E-state index contributed by atoms with van der Waals surface area (Å²) in [6.07, 6.45) is 74.6. The third-order valence-corrected chi connectivity index (χ3v) is 17.0. The molecule has 0 aliphatic carbocycles. The number of hydrogen-bond donors (Lipinski definition) is 3. The Morgan fingerprint density at radius 2 is 0.711 bits per heavy atom. The molecule has 0 saturated heterocycles. The Kier molecular flexibility index (Phi) is 58.3. The van der Waals surface area contributed by atoms with Gasteiger partial charge in [0.1, 0.15) is 13.2 Å². The number of carbonyl (C=O) groups excluding carboxylic acids is 1. The number of nitrogens with zero attached hydrogens (tertiary/aromatic N) is 1. The monoisotopic (exact) mass is 1100 g/mol. The molecule has 76 heavy (non-hydrogen) atoms. The lowest BCUT2D eigenvalue weighted by Gasteiger charge is -2.26. The maximum absolute atomic E-state index is 13.0. The molecule has 0 radical (unpaired) electrons. The van der Waals surface area contributed by atoms with Gasteiger partial charge in [-0.15, -0.1) is 0 Å². The van der Waals surface area contributed by atoms with E-state index in [0.717, 1.165) is 38.5 Å². The van der Waals surface area contributed by atoms with Crippen molar-refractivity contribution in [2.75, 3.05) is 40.9 Å². The molecule has 0 rings (SSSR count). The molecule has 0 bridgehead atoms. The third kappa shape index (κ3) is 60.9. The van der Waals surface area contributed by atoms with Crippen molar-refractivity contribution in [2.45, 2.75) is 373 Å². The zero-order valence-corrected chi connectivity index (χ0v) is 52.9. The molecule has 0 spiro atoms. The average molecular weight is 1100 g/mol. The van der Waals surface area contributed by atoms with Crippen LogP contribution in [0.5, 0.6) is 0 Å². The largest absolute Gasteiger partial charge is 0.472 e. The molecule has 3 atom stereocenters. The molecule has 454 valence electrons. The van der Waals surface area contributed by atoms with E-state index in [4.69, 9.17) is 9.05 Å². The van der Waals surface area contributed by atoms with Gasteiger partial charge in [-0.2, -0.15) is 0 Å². The Bertz CT molecular complexity index is 1240. The van der Waals surface area contributed by atoms with E-state index in [9.17, 15) is 19.4 Å². The van der Waals surface area contributed by atoms with Gasteiger partial charge in [0, 0.05) is 6.42 Å². The highest BCUT2D eigenvalue weighted by molar-refractivity contribution is 7.47. The summed E-state index contributed by atoms with van der Waals surface area (Å²) in [6.45, 7) is 4.95. The quantitative estimate of drug-likeness (QED) is 0.0243. The molecule has 1 amide bonds. The van der Waals surface area contributed by atoms with Gasteiger partial charge in [0.25, 0.3) is 0 Å². The molecule has 0 saturated carbocycles. The zero-order chi connectivity index (χ0) is 55.6. The molecule has 0 fully saturated rings. The van der Waals surface area contributed by atoms with Crippen LogP contribution in [0.1, 0.15) is 361 Å². The normalized spacial score (nSPS) is 13.7. The number of nitrogens with one attached hydrogen (secondary N) is 1. The summed E-state index contributed by atoms with van der Waals surface area (Å²) < 4.78 is 23.8. The van der Waals surface area contributed by atoms with Gasteiger partial charge in [-0.1, -0.05) is 328 Å². The highest BCUT2D eigenvalue weighted by Gasteiger charge is 2.28. The predicted molar refractivity (Wildman–Crippen MR) is 332 cm³/mol. The van der Waals surface area contributed by atoms with Gasteiger partial charge >= 0.3 is 7.82 Å². The second kappa shape index (κ2) is 58.9. The number of allylic oxidation sites excluding steroid dienone is 2. The first-order chi connectivity index (χ1) is 37.0. The van der Waals surface area contributed by atoms with Crippen LogP contribution >= 0.6 is 7.82 Å². The number of phosphoric ester groups is 1. The number of carbonyl (C=O) groups is 1. The Labute approximate surface area is 475 Å². The Morgan fingerprint density at radius 3 is 1.01 bits per heavy atom. The third-order valence-electron chi connectivity index (χ3n) is 16.0. The second-order valence-corrected chi connectivity index (χ2v) is 26.4. The molecule has 0 aromatic carbocycles. The number of hydrogen-bond acceptors (Lipinski definition) is 5. The van der Waals surface area contributed by atoms with Crippen molar-refractivity contribution in [1.29, 1.82) is 0 Å². The topological polar surface area (TPSA) is 105 Å². The molecule has 9 heteroatoms. The van der Waals surface area contributed by atoms with Crippen LogP contribution in [0.15, 0.2) is 12.2 Å². The number of aliphatic hydroxyl groups excluding tert-OH is 1. The van der Waals surface area contributed by atoms with Crippen LogP contribution in [0.25, 0.3) is 0 Å². The van der Waals surface area contributed by atoms with E-state index in [0.29, 0.717) is 23.9 Å². The summed E-state index contributed by atoms with van der Waals surface area (Å²) >= 11 is 0. The first-order valence-electron chi connectivity index (χ1n) is 34.1. The highest BCUT2D eigenvalue weighted by Crippen LogP contribution is 2.43. The maximum atomic E-state index is 13.0. The van der Waals surface area contributed by atoms with Crippen molar-refractivity contribution in [2.24, 2.45) is 0 Å². The van der Waals surface area contributed by atoms with Crippen molar-refractivity contribution in [1.82, 2.24) is 5.32 Å². The van der Waals surface area contributed by atoms with E-state index in [-0.39, 0.29) is 19.1 Å². The Morgan fingerprint density at radius 1 is 0.434 bits per heavy atom. The fourth-order valence-corrected chi connectivity index (χ4v) is 11.4. The molecule has 0 heterocycles. The van der Waals surface area contributed by atoms with E-state index >= 15 is 0 Å². The number of phosphoric acid groups is 1. The van der Waals surface area contributed by atoms with Crippen molar-refractivity contribution in [3.63, 3.8) is 0 Å². The standard InChI is InChI=1S/C67H135N2O6P/c1-6-8-10-12-14-16-18-20-22-24-25-26-27-28-29-30-31-32-33-34-35-36-37-38-39-40-41-42-43-45-47-49-51-53-55-57-59-61-67(71)68-65(64-75-76(72,73)74-63-62-69(3,4)5)66(70)60-58-56-54-52-50-48-46-44-23-21-19-17-15-13-11-9-7-2/h24-25,65-66,70H,6-23,26-64H2,1-5H3,(H-,68,71,72,73)/p+1/b25-24-. The molecule has 8 nitrogen and oxygen atoms in total. The Hall–Kier alpha value is -0.760. The van der Waals surface area contributed by atoms with Crippen molar-refractivity contribution >= 4 is 13.7 Å². The van der Waals surface area contributed by atoms with Gasteiger partial charge < -0.3 is 19.8 Å². The van der Waals surface area contributed by atoms with E-state index in [1.165, 1.54) is 295 Å². The van der Waals surface area contributed by atoms with E-state index in [1.807, 2.05) is 21.1 Å². The number of rotatable bonds is 64. The minimum absolute atomic E-state index is 0.0785. The summed E-state index contributed by atoms with van der Waals surface area (Å²) in [6, 6.07) is -0.757. The lowest BCUT2D eigenvalue weighted by molar-refractivity contribution is -0.870. The van der Waals surface area contributed by atoms with Crippen LogP contribution in [0.4, 0.5) is 0 Å². The van der Waals surface area contributed by atoms with Gasteiger partial charge in [-0.25, -0.2) is 4.57 Å². The van der Waals surface area contributed by atoms with Crippen LogP contribution in [-0.4, -0.2) is 73.4 Å². The molecule has 3 N–H and O–H groups in total. The Balaban J connectivity index is 3.89. The molecule has 3 unspecified atom stereocenters. The van der Waals surface area contributed by atoms with Crippen LogP contribution < -0.4 is 5.32 Å². The average Bonchev–Trinajstić information content (AvgIpc) is 3.38. The van der Waals surface area contributed by atoms with Crippen molar-refractivity contribution < 1.29 is 32.9 Å². The summed E-state index contributed by atoms with van der Waals surface area (Å²) in [7, 11) is 1.64. The summed E-state index contributed by atoms with van der Waals surface area (Å²) in [4.78, 5) is 23.4. The number of aliphatic hydroxyl groups is 1. The maximum Gasteiger partial charge on any atom is 0.472 e. The van der Waals surface area contributed by atoms with Crippen LogP contribution in [0.2, 0.25) is 0 Å². The summed E-state index contributed by atoms with van der Waals surface area (Å²) in [5.41, 5.74) is 0. The number of unbranched alkanes of at least 4 members (excludes halogenated alkanes) is 49. The smallest absolute Gasteiger partial charge is 0.391 e. The molecule has 0 aliphatic rings. The lowest BCUT2D eigenvalue weighted by Crippen LogP contribution is -2.46. The SMILES string of the molecule is CCCCCCCCCC/C=C\CCCCCCCCCCCCCCCCCCCCCCCCCCCC(=O)NC(COP(=O)(O)OCC[N+](C)(C)C)C(O)CCCCCCCCCCCCCCCCCCC. The summed E-state index contributed by atoms with van der Waals surface area (Å²) in [5.74, 6) is -0.135. The van der Waals surface area contributed by atoms with Crippen molar-refractivity contribution in [3.8, 4) is 0 Å².